The van der Waals surface area contributed by atoms with E-state index in [1.54, 1.807) is 13.3 Å². The van der Waals surface area contributed by atoms with Crippen molar-refractivity contribution < 1.29 is 4.74 Å². The first-order chi connectivity index (χ1) is 9.28. The Morgan fingerprint density at radius 1 is 1.32 bits per heavy atom. The van der Waals surface area contributed by atoms with Gasteiger partial charge in [-0.3, -0.25) is 4.57 Å². The number of rotatable bonds is 6. The largest absolute Gasteiger partial charge is 0.377 e. The topological polar surface area (TPSA) is 64.9 Å². The van der Waals surface area contributed by atoms with Crippen LogP contribution in [0.1, 0.15) is 25.5 Å². The van der Waals surface area contributed by atoms with E-state index in [4.69, 9.17) is 4.74 Å². The first kappa shape index (κ1) is 13.5. The lowest BCUT2D eigenvalue weighted by Crippen LogP contribution is -2.09. The van der Waals surface area contributed by atoms with Gasteiger partial charge in [-0.05, 0) is 6.92 Å². The molecule has 0 aliphatic heterocycles. The van der Waals surface area contributed by atoms with Crippen molar-refractivity contribution in [2.45, 2.75) is 26.9 Å². The molecule has 0 aromatic carbocycles. The lowest BCUT2D eigenvalue weighted by molar-refractivity contribution is 0.178. The predicted octanol–water partition coefficient (Wildman–Crippen LogP) is 1.80. The molecule has 2 aromatic heterocycles. The molecule has 2 heterocycles. The smallest absolute Gasteiger partial charge is 0.158 e. The fourth-order valence-corrected chi connectivity index (χ4v) is 1.88. The lowest BCUT2D eigenvalue weighted by atomic mass is 10.4. The molecule has 0 bridgehead atoms. The van der Waals surface area contributed by atoms with E-state index in [9.17, 15) is 0 Å². The molecule has 0 saturated carbocycles. The highest BCUT2D eigenvalue weighted by atomic mass is 16.5. The van der Waals surface area contributed by atoms with Gasteiger partial charge in [0.25, 0.3) is 0 Å². The Hall–Kier alpha value is -1.95. The minimum atomic E-state index is 0.391. The van der Waals surface area contributed by atoms with Crippen LogP contribution in [0.5, 0.6) is 0 Å². The van der Waals surface area contributed by atoms with E-state index in [0.717, 1.165) is 30.4 Å². The molecule has 1 N–H and O–H groups in total. The average Bonchev–Trinajstić information content (AvgIpc) is 2.87. The molecule has 0 saturated heterocycles. The van der Waals surface area contributed by atoms with Gasteiger partial charge in [0.05, 0.1) is 0 Å². The van der Waals surface area contributed by atoms with Crippen LogP contribution in [-0.4, -0.2) is 33.2 Å². The Morgan fingerprint density at radius 2 is 2.16 bits per heavy atom. The number of methoxy groups -OCH3 is 1. The molecule has 19 heavy (non-hydrogen) atoms. The van der Waals surface area contributed by atoms with E-state index >= 15 is 0 Å². The SMILES string of the molecule is CCNc1cc(-n2ccnc2CC)nc(COC)n1. The van der Waals surface area contributed by atoms with Crippen LogP contribution in [0.2, 0.25) is 0 Å². The number of nitrogens with zero attached hydrogens (tertiary/aromatic N) is 4. The van der Waals surface area contributed by atoms with E-state index in [1.807, 2.05) is 23.8 Å². The van der Waals surface area contributed by atoms with Gasteiger partial charge in [0.1, 0.15) is 24.1 Å². The van der Waals surface area contributed by atoms with Crippen molar-refractivity contribution in [3.05, 3.63) is 30.1 Å². The Kier molecular flexibility index (Phi) is 4.46. The molecule has 0 amide bonds. The summed E-state index contributed by atoms with van der Waals surface area (Å²) in [5, 5.41) is 3.21. The Balaban J connectivity index is 2.43. The van der Waals surface area contributed by atoms with Crippen LogP contribution in [0.25, 0.3) is 5.82 Å². The van der Waals surface area contributed by atoms with E-state index in [-0.39, 0.29) is 0 Å². The molecule has 0 fully saturated rings. The Morgan fingerprint density at radius 3 is 2.84 bits per heavy atom. The molecule has 0 radical (unpaired) electrons. The van der Waals surface area contributed by atoms with Crippen molar-refractivity contribution in [3.63, 3.8) is 0 Å². The number of imidazole rings is 1. The second-order valence-electron chi connectivity index (χ2n) is 4.06. The molecular formula is C13H19N5O. The van der Waals surface area contributed by atoms with Crippen molar-refractivity contribution in [2.24, 2.45) is 0 Å². The van der Waals surface area contributed by atoms with Crippen LogP contribution in [0.4, 0.5) is 5.82 Å². The molecule has 2 rings (SSSR count). The summed E-state index contributed by atoms with van der Waals surface area (Å²) in [6.07, 6.45) is 4.55. The number of aromatic nitrogens is 4. The molecule has 6 heteroatoms. The van der Waals surface area contributed by atoms with Crippen LogP contribution in [0, 0.1) is 0 Å². The lowest BCUT2D eigenvalue weighted by Gasteiger charge is -2.10. The summed E-state index contributed by atoms with van der Waals surface area (Å²) in [6.45, 7) is 5.31. The van der Waals surface area contributed by atoms with Gasteiger partial charge in [-0.15, -0.1) is 0 Å². The first-order valence-corrected chi connectivity index (χ1v) is 6.41. The van der Waals surface area contributed by atoms with Gasteiger partial charge in [-0.1, -0.05) is 6.92 Å². The first-order valence-electron chi connectivity index (χ1n) is 6.41. The Labute approximate surface area is 112 Å². The van der Waals surface area contributed by atoms with E-state index in [2.05, 4.69) is 27.2 Å². The average molecular weight is 261 g/mol. The van der Waals surface area contributed by atoms with Gasteiger partial charge in [0, 0.05) is 38.5 Å². The molecule has 0 atom stereocenters. The third kappa shape index (κ3) is 3.08. The molecule has 0 aliphatic carbocycles. The molecule has 0 unspecified atom stereocenters. The standard InChI is InChI=1S/C13H19N5O/c1-4-12-15-6-7-18(12)13-8-10(14-5-2)16-11(17-13)9-19-3/h6-8H,4-5,9H2,1-3H3,(H,14,16,17). The second kappa shape index (κ2) is 6.29. The zero-order valence-corrected chi connectivity index (χ0v) is 11.6. The van der Waals surface area contributed by atoms with Crippen molar-refractivity contribution in [1.29, 1.82) is 0 Å². The van der Waals surface area contributed by atoms with Crippen LogP contribution >= 0.6 is 0 Å². The van der Waals surface area contributed by atoms with Gasteiger partial charge in [0.2, 0.25) is 0 Å². The van der Waals surface area contributed by atoms with Crippen molar-refractivity contribution in [2.75, 3.05) is 19.0 Å². The summed E-state index contributed by atoms with van der Waals surface area (Å²) >= 11 is 0. The predicted molar refractivity (Wildman–Crippen MR) is 73.4 cm³/mol. The molecular weight excluding hydrogens is 242 g/mol. The maximum atomic E-state index is 5.11. The minimum absolute atomic E-state index is 0.391. The number of ether oxygens (including phenoxy) is 1. The summed E-state index contributed by atoms with van der Waals surface area (Å²) in [6, 6.07) is 1.92. The van der Waals surface area contributed by atoms with Gasteiger partial charge in [-0.2, -0.15) is 0 Å². The van der Waals surface area contributed by atoms with Crippen LogP contribution in [0.15, 0.2) is 18.5 Å². The number of hydrogen-bond donors (Lipinski definition) is 1. The van der Waals surface area contributed by atoms with Gasteiger partial charge in [0.15, 0.2) is 5.82 Å². The highest BCUT2D eigenvalue weighted by molar-refractivity contribution is 5.42. The number of anilines is 1. The number of nitrogens with one attached hydrogen (secondary N) is 1. The maximum absolute atomic E-state index is 5.11. The molecule has 6 nitrogen and oxygen atoms in total. The zero-order valence-electron chi connectivity index (χ0n) is 11.6. The number of aryl methyl sites for hydroxylation is 1. The summed E-state index contributed by atoms with van der Waals surface area (Å²) in [7, 11) is 1.64. The minimum Gasteiger partial charge on any atom is -0.377 e. The third-order valence-corrected chi connectivity index (χ3v) is 2.67. The highest BCUT2D eigenvalue weighted by Gasteiger charge is 2.09. The van der Waals surface area contributed by atoms with Gasteiger partial charge < -0.3 is 10.1 Å². The maximum Gasteiger partial charge on any atom is 0.158 e. The highest BCUT2D eigenvalue weighted by Crippen LogP contribution is 2.14. The van der Waals surface area contributed by atoms with Gasteiger partial charge >= 0.3 is 0 Å². The fraction of sp³-hybridized carbons (Fsp3) is 0.462. The number of hydrogen-bond acceptors (Lipinski definition) is 5. The zero-order chi connectivity index (χ0) is 13.7. The van der Waals surface area contributed by atoms with Crippen molar-refractivity contribution >= 4 is 5.82 Å². The molecule has 102 valence electrons. The summed E-state index contributed by atoms with van der Waals surface area (Å²) in [4.78, 5) is 13.2. The van der Waals surface area contributed by atoms with Crippen molar-refractivity contribution in [1.82, 2.24) is 19.5 Å². The van der Waals surface area contributed by atoms with Crippen LogP contribution in [0.3, 0.4) is 0 Å². The normalized spacial score (nSPS) is 10.7. The monoisotopic (exact) mass is 261 g/mol. The Bertz CT molecular complexity index is 513. The van der Waals surface area contributed by atoms with E-state index in [1.165, 1.54) is 0 Å². The third-order valence-electron chi connectivity index (χ3n) is 2.67. The van der Waals surface area contributed by atoms with Gasteiger partial charge in [-0.25, -0.2) is 15.0 Å². The summed E-state index contributed by atoms with van der Waals surface area (Å²) in [5.74, 6) is 3.25. The molecule has 0 aliphatic rings. The fourth-order valence-electron chi connectivity index (χ4n) is 1.88. The summed E-state index contributed by atoms with van der Waals surface area (Å²) in [5.41, 5.74) is 0. The molecule has 0 spiro atoms. The molecule has 2 aromatic rings. The summed E-state index contributed by atoms with van der Waals surface area (Å²) < 4.78 is 7.09. The quantitative estimate of drug-likeness (QED) is 0.859. The van der Waals surface area contributed by atoms with Crippen LogP contribution < -0.4 is 5.32 Å². The second-order valence-corrected chi connectivity index (χ2v) is 4.06. The van der Waals surface area contributed by atoms with Crippen molar-refractivity contribution in [3.8, 4) is 5.82 Å². The van der Waals surface area contributed by atoms with E-state index < -0.39 is 0 Å². The van der Waals surface area contributed by atoms with Crippen LogP contribution in [-0.2, 0) is 17.8 Å². The van der Waals surface area contributed by atoms with E-state index in [0.29, 0.717) is 12.4 Å².